The first-order valence-electron chi connectivity index (χ1n) is 7.76. The van der Waals surface area contributed by atoms with Crippen molar-refractivity contribution in [2.24, 2.45) is 0 Å². The zero-order valence-electron chi connectivity index (χ0n) is 14.5. The third-order valence-corrected chi connectivity index (χ3v) is 4.84. The van der Waals surface area contributed by atoms with Gasteiger partial charge >= 0.3 is 5.69 Å². The van der Waals surface area contributed by atoms with E-state index in [1.807, 2.05) is 17.5 Å². The summed E-state index contributed by atoms with van der Waals surface area (Å²) in [4.78, 5) is 15.1. The fraction of sp³-hybridized carbons (Fsp3) is 0.167. The second-order valence-corrected chi connectivity index (χ2v) is 6.64. The summed E-state index contributed by atoms with van der Waals surface area (Å²) in [6.45, 7) is 0.0885. The van der Waals surface area contributed by atoms with Gasteiger partial charge in [-0.25, -0.2) is 4.98 Å². The Hall–Kier alpha value is -2.84. The zero-order chi connectivity index (χ0) is 19.4. The fourth-order valence-electron chi connectivity index (χ4n) is 2.46. The normalized spacial score (nSPS) is 10.5. The smallest absolute Gasteiger partial charge is 0.312 e. The molecule has 0 bridgehead atoms. The molecule has 0 N–H and O–H groups in total. The largest absolute Gasteiger partial charge is 0.493 e. The van der Waals surface area contributed by atoms with Crippen molar-refractivity contribution in [1.82, 2.24) is 4.98 Å². The number of nitro groups is 1. The van der Waals surface area contributed by atoms with E-state index in [0.29, 0.717) is 17.2 Å². The molecular weight excluding hydrogens is 392 g/mol. The molecule has 1 heterocycles. The Bertz CT molecular complexity index is 976. The maximum Gasteiger partial charge on any atom is 0.312 e. The average Bonchev–Trinajstić information content (AvgIpc) is 3.14. The van der Waals surface area contributed by atoms with Gasteiger partial charge in [-0.3, -0.25) is 10.1 Å². The summed E-state index contributed by atoms with van der Waals surface area (Å²) in [5.41, 5.74) is 1.25. The molecule has 2 aromatic carbocycles. The first kappa shape index (κ1) is 18.9. The number of methoxy groups -OCH3 is 2. The minimum atomic E-state index is -0.533. The van der Waals surface area contributed by atoms with Crippen molar-refractivity contribution in [2.45, 2.75) is 6.61 Å². The molecule has 3 rings (SSSR count). The van der Waals surface area contributed by atoms with E-state index < -0.39 is 4.92 Å². The standard InChI is InChI=1S/C18H15ClN2O5S/c1-24-16-5-3-4-13(17(16)25-2)18-20-12(10-27-18)9-26-15-7-6-11(19)8-14(15)21(22)23/h3-8,10H,9H2,1-2H3. The number of halogens is 1. The summed E-state index contributed by atoms with van der Waals surface area (Å²) in [5, 5.41) is 14.0. The first-order valence-corrected chi connectivity index (χ1v) is 9.01. The Morgan fingerprint density at radius 2 is 2.00 bits per heavy atom. The van der Waals surface area contributed by atoms with Crippen LogP contribution in [0.3, 0.4) is 0 Å². The van der Waals surface area contributed by atoms with Crippen molar-refractivity contribution in [3.8, 4) is 27.8 Å². The zero-order valence-corrected chi connectivity index (χ0v) is 16.0. The molecule has 140 valence electrons. The summed E-state index contributed by atoms with van der Waals surface area (Å²) in [6, 6.07) is 9.81. The molecule has 0 spiro atoms. The molecule has 3 aromatic rings. The Morgan fingerprint density at radius 3 is 2.70 bits per heavy atom. The lowest BCUT2D eigenvalue weighted by atomic mass is 10.2. The maximum absolute atomic E-state index is 11.1. The van der Waals surface area contributed by atoms with Gasteiger partial charge in [0.2, 0.25) is 0 Å². The molecule has 0 fully saturated rings. The lowest BCUT2D eigenvalue weighted by Crippen LogP contribution is -1.99. The number of hydrogen-bond donors (Lipinski definition) is 0. The van der Waals surface area contributed by atoms with Crippen molar-refractivity contribution in [2.75, 3.05) is 14.2 Å². The van der Waals surface area contributed by atoms with Crippen molar-refractivity contribution in [3.63, 3.8) is 0 Å². The molecule has 0 aliphatic heterocycles. The van der Waals surface area contributed by atoms with Crippen molar-refractivity contribution in [1.29, 1.82) is 0 Å². The van der Waals surface area contributed by atoms with Crippen LogP contribution >= 0.6 is 22.9 Å². The molecule has 0 unspecified atom stereocenters. The van der Waals surface area contributed by atoms with Crippen LogP contribution in [0.2, 0.25) is 5.02 Å². The van der Waals surface area contributed by atoms with Gasteiger partial charge < -0.3 is 14.2 Å². The molecule has 0 saturated carbocycles. The van der Waals surface area contributed by atoms with Crippen molar-refractivity contribution < 1.29 is 19.1 Å². The Morgan fingerprint density at radius 1 is 1.19 bits per heavy atom. The number of rotatable bonds is 7. The molecule has 0 aliphatic carbocycles. The van der Waals surface area contributed by atoms with Crippen molar-refractivity contribution >= 4 is 28.6 Å². The van der Waals surface area contributed by atoms with E-state index in [0.717, 1.165) is 10.6 Å². The van der Waals surface area contributed by atoms with Gasteiger partial charge in [0.25, 0.3) is 0 Å². The highest BCUT2D eigenvalue weighted by Crippen LogP contribution is 2.39. The van der Waals surface area contributed by atoms with Crippen LogP contribution < -0.4 is 14.2 Å². The van der Waals surface area contributed by atoms with E-state index in [-0.39, 0.29) is 23.1 Å². The van der Waals surface area contributed by atoms with Crippen molar-refractivity contribution in [3.05, 3.63) is 62.6 Å². The van der Waals surface area contributed by atoms with E-state index >= 15 is 0 Å². The van der Waals surface area contributed by atoms with Crippen LogP contribution in [0, 0.1) is 10.1 Å². The molecule has 7 nitrogen and oxygen atoms in total. The molecule has 27 heavy (non-hydrogen) atoms. The summed E-state index contributed by atoms with van der Waals surface area (Å²) >= 11 is 7.23. The number of nitrogens with zero attached hydrogens (tertiary/aromatic N) is 2. The number of thiazole rings is 1. The Balaban J connectivity index is 1.81. The molecular formula is C18H15ClN2O5S. The summed E-state index contributed by atoms with van der Waals surface area (Å²) in [7, 11) is 3.14. The maximum atomic E-state index is 11.1. The predicted molar refractivity (Wildman–Crippen MR) is 103 cm³/mol. The molecule has 0 atom stereocenters. The van der Waals surface area contributed by atoms with Gasteiger partial charge in [-0.15, -0.1) is 11.3 Å². The van der Waals surface area contributed by atoms with Crippen LogP contribution in [0.1, 0.15) is 5.69 Å². The molecule has 9 heteroatoms. The van der Waals surface area contributed by atoms with Crippen LogP contribution in [-0.4, -0.2) is 24.1 Å². The number of aromatic nitrogens is 1. The number of benzene rings is 2. The van der Waals surface area contributed by atoms with Gasteiger partial charge in [-0.1, -0.05) is 17.7 Å². The summed E-state index contributed by atoms with van der Waals surface area (Å²) < 4.78 is 16.3. The van der Waals surface area contributed by atoms with E-state index in [1.165, 1.54) is 29.5 Å². The van der Waals surface area contributed by atoms with Crippen LogP contribution in [-0.2, 0) is 6.61 Å². The highest BCUT2D eigenvalue weighted by molar-refractivity contribution is 7.13. The third-order valence-electron chi connectivity index (χ3n) is 3.68. The Labute approximate surface area is 164 Å². The van der Waals surface area contributed by atoms with Gasteiger partial charge in [0.1, 0.15) is 11.6 Å². The van der Waals surface area contributed by atoms with Crippen LogP contribution in [0.15, 0.2) is 41.8 Å². The van der Waals surface area contributed by atoms with Crippen LogP contribution in [0.5, 0.6) is 17.2 Å². The minimum Gasteiger partial charge on any atom is -0.493 e. The van der Waals surface area contributed by atoms with Gasteiger partial charge in [0.05, 0.1) is 30.4 Å². The van der Waals surface area contributed by atoms with Gasteiger partial charge in [-0.2, -0.15) is 0 Å². The van der Waals surface area contributed by atoms with E-state index in [2.05, 4.69) is 4.98 Å². The van der Waals surface area contributed by atoms with Gasteiger partial charge in [0, 0.05) is 16.5 Å². The number of ether oxygens (including phenoxy) is 3. The van der Waals surface area contributed by atoms with Gasteiger partial charge in [0.15, 0.2) is 17.2 Å². The first-order chi connectivity index (χ1) is 13.0. The minimum absolute atomic E-state index is 0.0885. The summed E-state index contributed by atoms with van der Waals surface area (Å²) in [5.74, 6) is 1.34. The topological polar surface area (TPSA) is 83.7 Å². The highest BCUT2D eigenvalue weighted by Gasteiger charge is 2.18. The Kier molecular flexibility index (Phi) is 5.78. The van der Waals surface area contributed by atoms with E-state index in [4.69, 9.17) is 25.8 Å². The number of hydrogen-bond acceptors (Lipinski definition) is 7. The van der Waals surface area contributed by atoms with Crippen LogP contribution in [0.25, 0.3) is 10.6 Å². The molecule has 0 amide bonds. The second-order valence-electron chi connectivity index (χ2n) is 5.34. The third kappa shape index (κ3) is 4.12. The lowest BCUT2D eigenvalue weighted by molar-refractivity contribution is -0.385. The summed E-state index contributed by atoms with van der Waals surface area (Å²) in [6.07, 6.45) is 0. The SMILES string of the molecule is COc1cccc(-c2nc(COc3ccc(Cl)cc3[N+](=O)[O-])cs2)c1OC. The number of para-hydroxylation sites is 1. The lowest BCUT2D eigenvalue weighted by Gasteiger charge is -2.10. The molecule has 0 radical (unpaired) electrons. The monoisotopic (exact) mass is 406 g/mol. The van der Waals surface area contributed by atoms with E-state index in [9.17, 15) is 10.1 Å². The average molecular weight is 407 g/mol. The van der Waals surface area contributed by atoms with E-state index in [1.54, 1.807) is 20.3 Å². The van der Waals surface area contributed by atoms with Crippen LogP contribution in [0.4, 0.5) is 5.69 Å². The fourth-order valence-corrected chi connectivity index (χ4v) is 3.45. The molecule has 1 aromatic heterocycles. The quantitative estimate of drug-likeness (QED) is 0.407. The molecule has 0 saturated heterocycles. The second kappa shape index (κ2) is 8.24. The van der Waals surface area contributed by atoms with Gasteiger partial charge in [-0.05, 0) is 24.3 Å². The predicted octanol–water partition coefficient (Wildman–Crippen LogP) is 4.97. The number of nitro benzene ring substituents is 1. The highest BCUT2D eigenvalue weighted by atomic mass is 35.5. The molecule has 0 aliphatic rings.